The van der Waals surface area contributed by atoms with Crippen molar-refractivity contribution in [2.45, 2.75) is 38.3 Å². The highest BCUT2D eigenvalue weighted by atomic mass is 16.4. The van der Waals surface area contributed by atoms with Gasteiger partial charge in [-0.05, 0) is 24.1 Å². The smallest absolute Gasteiger partial charge is 0.305 e. The molecule has 1 aliphatic carbocycles. The normalized spacial score (nSPS) is 18.2. The van der Waals surface area contributed by atoms with Crippen molar-refractivity contribution in [1.82, 2.24) is 4.90 Å². The zero-order valence-corrected chi connectivity index (χ0v) is 16.4. The van der Waals surface area contributed by atoms with Gasteiger partial charge in [0.1, 0.15) is 18.1 Å². The summed E-state index contributed by atoms with van der Waals surface area (Å²) in [6.07, 6.45) is 2.68. The van der Waals surface area contributed by atoms with E-state index < -0.39 is 17.9 Å². The monoisotopic (exact) mass is 411 g/mol. The second-order valence-electron chi connectivity index (χ2n) is 7.54. The number of amides is 2. The first-order valence-corrected chi connectivity index (χ1v) is 9.64. The molecule has 0 radical (unpaired) electrons. The van der Waals surface area contributed by atoms with Crippen LogP contribution in [0.1, 0.15) is 51.3 Å². The Kier molecular flexibility index (Phi) is 5.03. The molecule has 2 amide bonds. The molecule has 0 spiro atoms. The summed E-state index contributed by atoms with van der Waals surface area (Å²) in [4.78, 5) is 50.0. The summed E-state index contributed by atoms with van der Waals surface area (Å²) in [5, 5.41) is 14.8. The Balaban J connectivity index is 1.58. The number of aryl methyl sites for hydroxylation is 1. The predicted molar refractivity (Wildman–Crippen MR) is 107 cm³/mol. The number of carboxylic acid groups (broad SMARTS) is 1. The molecule has 0 fully saturated rings. The number of ketones is 1. The summed E-state index contributed by atoms with van der Waals surface area (Å²) < 4.78 is 5.41. The molecule has 1 aliphatic heterocycles. The third-order valence-corrected chi connectivity index (χ3v) is 5.36. The lowest BCUT2D eigenvalue weighted by Crippen LogP contribution is -2.39. The van der Waals surface area contributed by atoms with Crippen LogP contribution in [0.25, 0.3) is 0 Å². The fourth-order valence-electron chi connectivity index (χ4n) is 3.88. The number of rotatable bonds is 4. The number of aliphatic carboxylic acids is 1. The molecule has 156 valence electrons. The number of carboxylic acids is 1. The van der Waals surface area contributed by atoms with Gasteiger partial charge in [-0.25, -0.2) is 0 Å². The van der Waals surface area contributed by atoms with Crippen LogP contribution in [0.15, 0.2) is 28.9 Å². The molecule has 1 unspecified atom stereocenters. The molecular formula is C21H21N3O6. The van der Waals surface area contributed by atoms with Crippen molar-refractivity contribution >= 4 is 34.9 Å². The van der Waals surface area contributed by atoms with Gasteiger partial charge in [0.2, 0.25) is 5.91 Å². The van der Waals surface area contributed by atoms with Gasteiger partial charge in [0.25, 0.3) is 5.91 Å². The second-order valence-corrected chi connectivity index (χ2v) is 7.54. The number of carbonyl (C=O) groups is 4. The number of anilines is 2. The SMILES string of the molecule is CN1Cc2ccc(NC(=O)c3coc4c3C(=O)CCC4)cc2NC(CC(=O)O)C1=O. The molecule has 1 aromatic heterocycles. The Bertz CT molecular complexity index is 1060. The van der Waals surface area contributed by atoms with Gasteiger partial charge in [0.05, 0.1) is 17.5 Å². The minimum absolute atomic E-state index is 0.100. The lowest BCUT2D eigenvalue weighted by Gasteiger charge is -2.19. The van der Waals surface area contributed by atoms with E-state index in [1.54, 1.807) is 25.2 Å². The summed E-state index contributed by atoms with van der Waals surface area (Å²) >= 11 is 0. The number of nitrogens with one attached hydrogen (secondary N) is 2. The molecule has 30 heavy (non-hydrogen) atoms. The molecule has 1 aromatic carbocycles. The van der Waals surface area contributed by atoms with Crippen molar-refractivity contribution in [3.63, 3.8) is 0 Å². The van der Waals surface area contributed by atoms with E-state index >= 15 is 0 Å². The average molecular weight is 411 g/mol. The minimum Gasteiger partial charge on any atom is -0.481 e. The van der Waals surface area contributed by atoms with Crippen molar-refractivity contribution in [2.75, 3.05) is 17.7 Å². The first kappa shape index (κ1) is 19.7. The maximum Gasteiger partial charge on any atom is 0.305 e. The molecule has 2 heterocycles. The van der Waals surface area contributed by atoms with E-state index in [0.717, 1.165) is 5.56 Å². The quantitative estimate of drug-likeness (QED) is 0.704. The van der Waals surface area contributed by atoms with Gasteiger partial charge in [0.15, 0.2) is 5.78 Å². The lowest BCUT2D eigenvalue weighted by atomic mass is 9.94. The maximum absolute atomic E-state index is 12.8. The Labute approximate surface area is 172 Å². The van der Waals surface area contributed by atoms with Gasteiger partial charge in [-0.3, -0.25) is 19.2 Å². The van der Waals surface area contributed by atoms with Gasteiger partial charge in [-0.15, -0.1) is 0 Å². The minimum atomic E-state index is -1.09. The number of furan rings is 1. The van der Waals surface area contributed by atoms with Crippen LogP contribution in [0.3, 0.4) is 0 Å². The number of carbonyl (C=O) groups excluding carboxylic acids is 3. The van der Waals surface area contributed by atoms with Gasteiger partial charge in [-0.2, -0.15) is 0 Å². The Morgan fingerprint density at radius 3 is 2.87 bits per heavy atom. The summed E-state index contributed by atoms with van der Waals surface area (Å²) in [5.74, 6) is -1.42. The molecule has 3 N–H and O–H groups in total. The highest BCUT2D eigenvalue weighted by Gasteiger charge is 2.30. The molecule has 0 bridgehead atoms. The highest BCUT2D eigenvalue weighted by Crippen LogP contribution is 2.29. The molecule has 9 nitrogen and oxygen atoms in total. The Hall–Kier alpha value is -3.62. The topological polar surface area (TPSA) is 129 Å². The third-order valence-electron chi connectivity index (χ3n) is 5.36. The van der Waals surface area contributed by atoms with E-state index in [-0.39, 0.29) is 23.7 Å². The maximum atomic E-state index is 12.8. The van der Waals surface area contributed by atoms with Gasteiger partial charge in [-0.1, -0.05) is 6.07 Å². The zero-order valence-electron chi connectivity index (χ0n) is 16.4. The summed E-state index contributed by atoms with van der Waals surface area (Å²) in [7, 11) is 1.61. The fraction of sp³-hybridized carbons (Fsp3) is 0.333. The standard InChI is InChI=1S/C21H21N3O6/c1-24-9-11-5-6-12(7-14(11)23-15(21(24)29)8-18(26)27)22-20(28)13-10-30-17-4-2-3-16(25)19(13)17/h5-7,10,15,23H,2-4,8-9H2,1H3,(H,22,28)(H,26,27). The first-order valence-electron chi connectivity index (χ1n) is 9.64. The van der Waals surface area contributed by atoms with Crippen LogP contribution in [0.2, 0.25) is 0 Å². The molecule has 2 aromatic rings. The van der Waals surface area contributed by atoms with Crippen LogP contribution in [0.5, 0.6) is 0 Å². The van der Waals surface area contributed by atoms with Crippen molar-refractivity contribution < 1.29 is 28.7 Å². The number of Topliss-reactive ketones (excluding diaryl/α,β-unsaturated/α-hetero) is 1. The number of hydrogen-bond acceptors (Lipinski definition) is 6. The number of benzene rings is 1. The van der Waals surface area contributed by atoms with Gasteiger partial charge >= 0.3 is 5.97 Å². The van der Waals surface area contributed by atoms with Crippen LogP contribution >= 0.6 is 0 Å². The van der Waals surface area contributed by atoms with E-state index in [1.165, 1.54) is 11.2 Å². The fourth-order valence-corrected chi connectivity index (χ4v) is 3.88. The van der Waals surface area contributed by atoms with E-state index in [0.29, 0.717) is 48.5 Å². The lowest BCUT2D eigenvalue weighted by molar-refractivity contribution is -0.141. The van der Waals surface area contributed by atoms with Crippen LogP contribution < -0.4 is 10.6 Å². The summed E-state index contributed by atoms with van der Waals surface area (Å²) in [6, 6.07) is 4.21. The van der Waals surface area contributed by atoms with Crippen LogP contribution in [-0.2, 0) is 22.6 Å². The van der Waals surface area contributed by atoms with Crippen molar-refractivity contribution in [2.24, 2.45) is 0 Å². The number of nitrogens with zero attached hydrogens (tertiary/aromatic N) is 1. The van der Waals surface area contributed by atoms with Gasteiger partial charge in [0, 0.05) is 37.8 Å². The van der Waals surface area contributed by atoms with Crippen LogP contribution in [0.4, 0.5) is 11.4 Å². The molecule has 9 heteroatoms. The van der Waals surface area contributed by atoms with Crippen LogP contribution in [0, 0.1) is 0 Å². The molecular weight excluding hydrogens is 390 g/mol. The largest absolute Gasteiger partial charge is 0.481 e. The average Bonchev–Trinajstić information content (AvgIpc) is 3.09. The van der Waals surface area contributed by atoms with Crippen LogP contribution in [-0.4, -0.2) is 46.7 Å². The molecule has 0 saturated carbocycles. The van der Waals surface area contributed by atoms with Crippen molar-refractivity contribution in [1.29, 1.82) is 0 Å². The van der Waals surface area contributed by atoms with Crippen molar-refractivity contribution in [3.8, 4) is 0 Å². The predicted octanol–water partition coefficient (Wildman–Crippen LogP) is 2.28. The number of hydrogen-bond donors (Lipinski definition) is 3. The third kappa shape index (κ3) is 3.66. The second kappa shape index (κ2) is 7.66. The van der Waals surface area contributed by atoms with Crippen molar-refractivity contribution in [3.05, 3.63) is 46.9 Å². The summed E-state index contributed by atoms with van der Waals surface area (Å²) in [5.41, 5.74) is 2.38. The van der Waals surface area contributed by atoms with E-state index in [4.69, 9.17) is 9.52 Å². The Morgan fingerprint density at radius 1 is 1.30 bits per heavy atom. The number of likely N-dealkylation sites (N-methyl/N-ethyl adjacent to an activating group) is 1. The molecule has 2 aliphatic rings. The summed E-state index contributed by atoms with van der Waals surface area (Å²) in [6.45, 7) is 0.315. The highest BCUT2D eigenvalue weighted by molar-refractivity contribution is 6.13. The molecule has 1 atom stereocenters. The van der Waals surface area contributed by atoms with Gasteiger partial charge < -0.3 is 25.1 Å². The molecule has 4 rings (SSSR count). The van der Waals surface area contributed by atoms with E-state index in [2.05, 4.69) is 10.6 Å². The molecule has 0 saturated heterocycles. The van der Waals surface area contributed by atoms with E-state index in [9.17, 15) is 19.2 Å². The Morgan fingerprint density at radius 2 is 2.10 bits per heavy atom. The van der Waals surface area contributed by atoms with E-state index in [1.807, 2.05) is 0 Å². The zero-order chi connectivity index (χ0) is 21.4. The number of fused-ring (bicyclic) bond motifs is 2. The first-order chi connectivity index (χ1) is 14.3.